The van der Waals surface area contributed by atoms with Gasteiger partial charge in [0.25, 0.3) is 5.91 Å². The molecule has 2 aromatic heterocycles. The third-order valence-corrected chi connectivity index (χ3v) is 5.72. The van der Waals surface area contributed by atoms with Crippen molar-refractivity contribution in [1.82, 2.24) is 24.5 Å². The number of amides is 1. The van der Waals surface area contributed by atoms with Crippen LogP contribution in [0.4, 0.5) is 0 Å². The van der Waals surface area contributed by atoms with Gasteiger partial charge in [0.2, 0.25) is 0 Å². The Morgan fingerprint density at radius 1 is 1.13 bits per heavy atom. The summed E-state index contributed by atoms with van der Waals surface area (Å²) in [5, 5.41) is 8.45. The Kier molecular flexibility index (Phi) is 4.86. The van der Waals surface area contributed by atoms with Crippen LogP contribution < -0.4 is 4.74 Å². The van der Waals surface area contributed by atoms with Crippen LogP contribution in [0.5, 0.6) is 5.75 Å². The highest BCUT2D eigenvalue weighted by Crippen LogP contribution is 2.29. The molecule has 1 amide bonds. The van der Waals surface area contributed by atoms with Crippen molar-refractivity contribution in [1.29, 1.82) is 0 Å². The molecule has 7 heteroatoms. The van der Waals surface area contributed by atoms with E-state index in [0.717, 1.165) is 54.2 Å². The lowest BCUT2D eigenvalue weighted by atomic mass is 10.0. The Morgan fingerprint density at radius 2 is 1.97 bits per heavy atom. The molecule has 1 aliphatic rings. The number of rotatable bonds is 5. The predicted molar refractivity (Wildman–Crippen MR) is 117 cm³/mol. The summed E-state index contributed by atoms with van der Waals surface area (Å²) < 4.78 is 7.64. The lowest BCUT2D eigenvalue weighted by Crippen LogP contribution is -2.21. The molecule has 156 valence electrons. The molecule has 0 fully saturated rings. The van der Waals surface area contributed by atoms with Gasteiger partial charge >= 0.3 is 0 Å². The molecule has 1 aliphatic heterocycles. The van der Waals surface area contributed by atoms with E-state index in [9.17, 15) is 4.79 Å². The molecule has 0 radical (unpaired) electrons. The molecule has 0 atom stereocenters. The summed E-state index contributed by atoms with van der Waals surface area (Å²) in [7, 11) is 3.49. The Hall–Kier alpha value is -3.74. The molecule has 3 heterocycles. The molecule has 0 saturated heterocycles. The van der Waals surface area contributed by atoms with E-state index in [0.29, 0.717) is 5.56 Å². The maximum absolute atomic E-state index is 12.1. The monoisotopic (exact) mass is 413 g/mol. The van der Waals surface area contributed by atoms with Crippen LogP contribution >= 0.6 is 0 Å². The predicted octanol–water partition coefficient (Wildman–Crippen LogP) is 3.21. The van der Waals surface area contributed by atoms with Crippen molar-refractivity contribution in [2.45, 2.75) is 19.3 Å². The number of hydrogen-bond donors (Lipinski definition) is 0. The normalized spacial score (nSPS) is 12.6. The Morgan fingerprint density at radius 3 is 2.77 bits per heavy atom. The SMILES string of the molecule is CN(C)C(=O)c1ccc(-c2cnc(CCc3cccc4c3CCO4)n3cnnc23)cc1. The molecule has 0 unspecified atom stereocenters. The molecule has 31 heavy (non-hydrogen) atoms. The molecule has 2 aromatic carbocycles. The molecule has 0 N–H and O–H groups in total. The topological polar surface area (TPSA) is 72.6 Å². The van der Waals surface area contributed by atoms with Crippen molar-refractivity contribution >= 4 is 11.6 Å². The van der Waals surface area contributed by atoms with Gasteiger partial charge in [-0.1, -0.05) is 24.3 Å². The maximum atomic E-state index is 12.1. The van der Waals surface area contributed by atoms with Gasteiger partial charge in [-0.15, -0.1) is 10.2 Å². The van der Waals surface area contributed by atoms with Gasteiger partial charge in [0.15, 0.2) is 5.65 Å². The van der Waals surface area contributed by atoms with Gasteiger partial charge in [-0.25, -0.2) is 4.98 Å². The van der Waals surface area contributed by atoms with E-state index in [1.54, 1.807) is 25.3 Å². The van der Waals surface area contributed by atoms with Crippen molar-refractivity contribution in [3.8, 4) is 16.9 Å². The minimum absolute atomic E-state index is 0.0227. The summed E-state index contributed by atoms with van der Waals surface area (Å²) in [6, 6.07) is 13.8. The van der Waals surface area contributed by atoms with Crippen molar-refractivity contribution in [2.75, 3.05) is 20.7 Å². The van der Waals surface area contributed by atoms with Crippen LogP contribution in [0.25, 0.3) is 16.8 Å². The number of carbonyl (C=O) groups is 1. The highest BCUT2D eigenvalue weighted by Gasteiger charge is 2.17. The largest absolute Gasteiger partial charge is 0.493 e. The second kappa shape index (κ2) is 7.83. The summed E-state index contributed by atoms with van der Waals surface area (Å²) in [4.78, 5) is 18.4. The van der Waals surface area contributed by atoms with E-state index in [-0.39, 0.29) is 5.91 Å². The number of aromatic nitrogens is 4. The number of ether oxygens (including phenoxy) is 1. The fourth-order valence-corrected chi connectivity index (χ4v) is 4.08. The van der Waals surface area contributed by atoms with E-state index in [2.05, 4.69) is 22.3 Å². The average Bonchev–Trinajstić information content (AvgIpc) is 3.47. The third kappa shape index (κ3) is 3.52. The van der Waals surface area contributed by atoms with Gasteiger partial charge in [-0.3, -0.25) is 9.20 Å². The zero-order valence-corrected chi connectivity index (χ0v) is 17.6. The summed E-state index contributed by atoms with van der Waals surface area (Å²) in [6.45, 7) is 0.758. The summed E-state index contributed by atoms with van der Waals surface area (Å²) in [5.41, 5.74) is 5.87. The smallest absolute Gasteiger partial charge is 0.253 e. The lowest BCUT2D eigenvalue weighted by Gasteiger charge is -2.12. The summed E-state index contributed by atoms with van der Waals surface area (Å²) in [5.74, 6) is 1.90. The molecule has 4 aromatic rings. The minimum Gasteiger partial charge on any atom is -0.493 e. The molecule has 0 saturated carbocycles. The Labute approximate surface area is 180 Å². The van der Waals surface area contributed by atoms with Crippen LogP contribution in [0.2, 0.25) is 0 Å². The first-order chi connectivity index (χ1) is 15.1. The van der Waals surface area contributed by atoms with Crippen molar-refractivity contribution in [3.05, 3.63) is 77.5 Å². The highest BCUT2D eigenvalue weighted by atomic mass is 16.5. The third-order valence-electron chi connectivity index (χ3n) is 5.72. The molecular formula is C24H23N5O2. The van der Waals surface area contributed by atoms with Gasteiger partial charge in [0.1, 0.15) is 17.9 Å². The number of nitrogens with zero attached hydrogens (tertiary/aromatic N) is 5. The number of fused-ring (bicyclic) bond motifs is 2. The van der Waals surface area contributed by atoms with Crippen LogP contribution in [0, 0.1) is 0 Å². The van der Waals surface area contributed by atoms with E-state index < -0.39 is 0 Å². The molecule has 0 spiro atoms. The molecule has 0 bridgehead atoms. The maximum Gasteiger partial charge on any atom is 0.253 e. The first-order valence-electron chi connectivity index (χ1n) is 10.3. The van der Waals surface area contributed by atoms with E-state index >= 15 is 0 Å². The first-order valence-corrected chi connectivity index (χ1v) is 10.3. The second-order valence-corrected chi connectivity index (χ2v) is 7.88. The number of hydrogen-bond acceptors (Lipinski definition) is 5. The summed E-state index contributed by atoms with van der Waals surface area (Å²) in [6.07, 6.45) is 6.19. The van der Waals surface area contributed by atoms with Gasteiger partial charge < -0.3 is 9.64 Å². The van der Waals surface area contributed by atoms with E-state index in [4.69, 9.17) is 9.72 Å². The quantitative estimate of drug-likeness (QED) is 0.502. The lowest BCUT2D eigenvalue weighted by molar-refractivity contribution is 0.0827. The number of benzene rings is 2. The van der Waals surface area contributed by atoms with Crippen molar-refractivity contribution in [2.24, 2.45) is 0 Å². The fraction of sp³-hybridized carbons (Fsp3) is 0.250. The molecular weight excluding hydrogens is 390 g/mol. The Balaban J connectivity index is 1.42. The average molecular weight is 413 g/mol. The molecule has 7 nitrogen and oxygen atoms in total. The first kappa shape index (κ1) is 19.2. The standard InChI is InChI=1S/C24H23N5O2/c1-28(2)24(30)18-8-6-17(7-9-18)20-14-25-22(29-15-26-27-23(20)29)11-10-16-4-3-5-21-19(16)12-13-31-21/h3-9,14-15H,10-13H2,1-2H3. The molecule has 0 aliphatic carbocycles. The van der Waals surface area contributed by atoms with Crippen LogP contribution in [0.15, 0.2) is 55.0 Å². The summed E-state index contributed by atoms with van der Waals surface area (Å²) >= 11 is 0. The number of carbonyl (C=O) groups excluding carboxylic acids is 1. The molecule has 5 rings (SSSR count). The van der Waals surface area contributed by atoms with Gasteiger partial charge in [-0.05, 0) is 35.7 Å². The van der Waals surface area contributed by atoms with Gasteiger partial charge in [-0.2, -0.15) is 0 Å². The Bertz CT molecular complexity index is 1260. The van der Waals surface area contributed by atoms with E-state index in [1.807, 2.05) is 40.9 Å². The van der Waals surface area contributed by atoms with Crippen LogP contribution in [0.3, 0.4) is 0 Å². The fourth-order valence-electron chi connectivity index (χ4n) is 4.08. The van der Waals surface area contributed by atoms with Gasteiger partial charge in [0, 0.05) is 49.8 Å². The van der Waals surface area contributed by atoms with E-state index in [1.165, 1.54) is 11.1 Å². The van der Waals surface area contributed by atoms with Crippen LogP contribution in [-0.4, -0.2) is 51.1 Å². The van der Waals surface area contributed by atoms with Crippen molar-refractivity contribution < 1.29 is 9.53 Å². The van der Waals surface area contributed by atoms with Gasteiger partial charge in [0.05, 0.1) is 6.61 Å². The second-order valence-electron chi connectivity index (χ2n) is 7.88. The number of aryl methyl sites for hydroxylation is 2. The zero-order valence-electron chi connectivity index (χ0n) is 17.6. The highest BCUT2D eigenvalue weighted by molar-refractivity contribution is 5.94. The van der Waals surface area contributed by atoms with Crippen LogP contribution in [-0.2, 0) is 19.3 Å². The zero-order chi connectivity index (χ0) is 21.4. The van der Waals surface area contributed by atoms with Crippen molar-refractivity contribution in [3.63, 3.8) is 0 Å². The van der Waals surface area contributed by atoms with Crippen LogP contribution in [0.1, 0.15) is 27.3 Å². The minimum atomic E-state index is -0.0227.